The molecule has 0 aliphatic heterocycles. The van der Waals surface area contributed by atoms with E-state index in [1.54, 1.807) is 0 Å². The Balaban J connectivity index is 1.50. The summed E-state index contributed by atoms with van der Waals surface area (Å²) in [6.45, 7) is 11.7. The Bertz CT molecular complexity index is 1060. The molecule has 3 aromatic heterocycles. The van der Waals surface area contributed by atoms with E-state index >= 15 is 0 Å². The van der Waals surface area contributed by atoms with Crippen LogP contribution in [0.25, 0.3) is 11.4 Å². The van der Waals surface area contributed by atoms with Gasteiger partial charge in [0.15, 0.2) is 0 Å². The standard InChI is InChI=1S/C31H48N8/c1-5-8-9-10-11-12-13-14-15-16-21-32-29-36-30(38-31(37-29)39(6-2)7-3)35-24-26-18-20-28(34-23-26)27-19-17-25(4)22-33-27/h17-20,22-23H,5-16,21,24H2,1-4H3,(H2,32,35,36,37,38). The van der Waals surface area contributed by atoms with Crippen molar-refractivity contribution in [2.75, 3.05) is 35.2 Å². The molecule has 0 amide bonds. The number of aromatic nitrogens is 5. The van der Waals surface area contributed by atoms with E-state index in [-0.39, 0.29) is 0 Å². The molecule has 212 valence electrons. The fourth-order valence-corrected chi connectivity index (χ4v) is 4.46. The normalized spacial score (nSPS) is 11.0. The Morgan fingerprint density at radius 2 is 1.23 bits per heavy atom. The molecule has 0 aliphatic carbocycles. The van der Waals surface area contributed by atoms with Crippen LogP contribution < -0.4 is 15.5 Å². The zero-order valence-corrected chi connectivity index (χ0v) is 24.5. The summed E-state index contributed by atoms with van der Waals surface area (Å²) in [5.74, 6) is 1.90. The minimum absolute atomic E-state index is 0.571. The first-order valence-corrected chi connectivity index (χ1v) is 15.0. The Labute approximate surface area is 235 Å². The third-order valence-electron chi connectivity index (χ3n) is 6.93. The molecule has 8 heteroatoms. The van der Waals surface area contributed by atoms with Gasteiger partial charge in [-0.05, 0) is 50.5 Å². The summed E-state index contributed by atoms with van der Waals surface area (Å²) in [5, 5.41) is 6.80. The molecule has 0 saturated carbocycles. The number of hydrogen-bond donors (Lipinski definition) is 2. The quantitative estimate of drug-likeness (QED) is 0.154. The number of anilines is 3. The molecule has 0 spiro atoms. The maximum atomic E-state index is 4.70. The predicted octanol–water partition coefficient (Wildman–Crippen LogP) is 7.43. The molecule has 2 N–H and O–H groups in total. The largest absolute Gasteiger partial charge is 0.354 e. The molecule has 0 atom stereocenters. The SMILES string of the molecule is CCCCCCCCCCCCNc1nc(NCc2ccc(-c3ccc(C)cn3)nc2)nc(N(CC)CC)n1. The molecule has 3 heterocycles. The van der Waals surface area contributed by atoms with Gasteiger partial charge in [-0.1, -0.05) is 76.8 Å². The van der Waals surface area contributed by atoms with E-state index in [1.807, 2.05) is 31.5 Å². The lowest BCUT2D eigenvalue weighted by Gasteiger charge is -2.20. The second-order valence-corrected chi connectivity index (χ2v) is 10.2. The van der Waals surface area contributed by atoms with Gasteiger partial charge in [-0.2, -0.15) is 15.0 Å². The van der Waals surface area contributed by atoms with Crippen LogP contribution in [0.1, 0.15) is 96.1 Å². The maximum absolute atomic E-state index is 4.70. The second-order valence-electron chi connectivity index (χ2n) is 10.2. The molecule has 0 aromatic carbocycles. The molecular weight excluding hydrogens is 484 g/mol. The van der Waals surface area contributed by atoms with Gasteiger partial charge in [0, 0.05) is 38.6 Å². The summed E-state index contributed by atoms with van der Waals surface area (Å²) in [6.07, 6.45) is 17.0. The number of pyridine rings is 2. The lowest BCUT2D eigenvalue weighted by molar-refractivity contribution is 0.559. The van der Waals surface area contributed by atoms with Gasteiger partial charge in [0.05, 0.1) is 11.4 Å². The second kappa shape index (κ2) is 17.3. The summed E-state index contributed by atoms with van der Waals surface area (Å²) in [6, 6.07) is 8.12. The highest BCUT2D eigenvalue weighted by molar-refractivity contribution is 5.54. The summed E-state index contributed by atoms with van der Waals surface area (Å²) in [7, 11) is 0. The Hall–Kier alpha value is -3.29. The van der Waals surface area contributed by atoms with E-state index in [4.69, 9.17) is 9.97 Å². The van der Waals surface area contributed by atoms with Crippen LogP contribution in [0, 0.1) is 6.92 Å². The van der Waals surface area contributed by atoms with Crippen LogP contribution in [0.15, 0.2) is 36.7 Å². The van der Waals surface area contributed by atoms with Crippen LogP contribution in [0.2, 0.25) is 0 Å². The van der Waals surface area contributed by atoms with Crippen LogP contribution >= 0.6 is 0 Å². The minimum Gasteiger partial charge on any atom is -0.354 e. The van der Waals surface area contributed by atoms with Gasteiger partial charge in [-0.3, -0.25) is 9.97 Å². The topological polar surface area (TPSA) is 91.8 Å². The lowest BCUT2D eigenvalue weighted by Crippen LogP contribution is -2.25. The van der Waals surface area contributed by atoms with Gasteiger partial charge in [0.25, 0.3) is 0 Å². The van der Waals surface area contributed by atoms with Crippen molar-refractivity contribution in [3.8, 4) is 11.4 Å². The van der Waals surface area contributed by atoms with Crippen molar-refractivity contribution in [1.29, 1.82) is 0 Å². The molecule has 0 bridgehead atoms. The third-order valence-corrected chi connectivity index (χ3v) is 6.93. The van der Waals surface area contributed by atoms with E-state index in [0.717, 1.165) is 48.6 Å². The number of nitrogens with one attached hydrogen (secondary N) is 2. The maximum Gasteiger partial charge on any atom is 0.231 e. The van der Waals surface area contributed by atoms with Crippen molar-refractivity contribution >= 4 is 17.8 Å². The molecule has 39 heavy (non-hydrogen) atoms. The van der Waals surface area contributed by atoms with Gasteiger partial charge in [-0.25, -0.2) is 0 Å². The lowest BCUT2D eigenvalue weighted by atomic mass is 10.1. The van der Waals surface area contributed by atoms with Crippen molar-refractivity contribution in [1.82, 2.24) is 24.9 Å². The molecule has 3 rings (SSSR count). The minimum atomic E-state index is 0.571. The highest BCUT2D eigenvalue weighted by Gasteiger charge is 2.11. The van der Waals surface area contributed by atoms with E-state index < -0.39 is 0 Å². The number of unbranched alkanes of at least 4 members (excludes halogenated alkanes) is 9. The van der Waals surface area contributed by atoms with Crippen molar-refractivity contribution in [3.05, 3.63) is 47.8 Å². The van der Waals surface area contributed by atoms with Crippen molar-refractivity contribution in [2.45, 2.75) is 98.4 Å². The molecule has 0 aliphatic rings. The highest BCUT2D eigenvalue weighted by atomic mass is 15.3. The van der Waals surface area contributed by atoms with Crippen molar-refractivity contribution in [3.63, 3.8) is 0 Å². The summed E-state index contributed by atoms with van der Waals surface area (Å²) >= 11 is 0. The van der Waals surface area contributed by atoms with E-state index in [2.05, 4.69) is 63.4 Å². The first-order valence-electron chi connectivity index (χ1n) is 15.0. The number of hydrogen-bond acceptors (Lipinski definition) is 8. The van der Waals surface area contributed by atoms with Gasteiger partial charge in [-0.15, -0.1) is 0 Å². The number of rotatable bonds is 19. The molecule has 8 nitrogen and oxygen atoms in total. The zero-order valence-electron chi connectivity index (χ0n) is 24.5. The average Bonchev–Trinajstić information content (AvgIpc) is 2.96. The van der Waals surface area contributed by atoms with Crippen LogP contribution in [-0.2, 0) is 6.54 Å². The fraction of sp³-hybridized carbons (Fsp3) is 0.581. The fourth-order valence-electron chi connectivity index (χ4n) is 4.46. The zero-order chi connectivity index (χ0) is 27.7. The third kappa shape index (κ3) is 10.8. The van der Waals surface area contributed by atoms with Crippen LogP contribution in [-0.4, -0.2) is 44.6 Å². The Kier molecular flexibility index (Phi) is 13.4. The summed E-state index contributed by atoms with van der Waals surface area (Å²) < 4.78 is 0. The smallest absolute Gasteiger partial charge is 0.231 e. The molecule has 0 saturated heterocycles. The van der Waals surface area contributed by atoms with Gasteiger partial charge >= 0.3 is 0 Å². The monoisotopic (exact) mass is 532 g/mol. The van der Waals surface area contributed by atoms with E-state index in [1.165, 1.54) is 57.8 Å². The summed E-state index contributed by atoms with van der Waals surface area (Å²) in [4.78, 5) is 25.3. The van der Waals surface area contributed by atoms with Crippen molar-refractivity contribution < 1.29 is 0 Å². The van der Waals surface area contributed by atoms with Crippen LogP contribution in [0.3, 0.4) is 0 Å². The molecule has 0 fully saturated rings. The molecule has 3 aromatic rings. The van der Waals surface area contributed by atoms with E-state index in [0.29, 0.717) is 24.4 Å². The van der Waals surface area contributed by atoms with Crippen LogP contribution in [0.4, 0.5) is 17.8 Å². The summed E-state index contributed by atoms with van der Waals surface area (Å²) in [5.41, 5.74) is 3.93. The molecule has 0 unspecified atom stereocenters. The number of nitrogens with zero attached hydrogens (tertiary/aromatic N) is 6. The van der Waals surface area contributed by atoms with Crippen LogP contribution in [0.5, 0.6) is 0 Å². The Morgan fingerprint density at radius 1 is 0.641 bits per heavy atom. The average molecular weight is 533 g/mol. The number of aryl methyl sites for hydroxylation is 1. The molecule has 0 radical (unpaired) electrons. The van der Waals surface area contributed by atoms with E-state index in [9.17, 15) is 0 Å². The highest BCUT2D eigenvalue weighted by Crippen LogP contribution is 2.17. The van der Waals surface area contributed by atoms with Crippen molar-refractivity contribution in [2.24, 2.45) is 0 Å². The first-order chi connectivity index (χ1) is 19.1. The van der Waals surface area contributed by atoms with Gasteiger partial charge < -0.3 is 15.5 Å². The van der Waals surface area contributed by atoms with Gasteiger partial charge in [0.2, 0.25) is 17.8 Å². The first kappa shape index (κ1) is 30.3. The predicted molar refractivity (Wildman–Crippen MR) is 163 cm³/mol. The van der Waals surface area contributed by atoms with Gasteiger partial charge in [0.1, 0.15) is 0 Å². The molecular formula is C31H48N8. The Morgan fingerprint density at radius 3 is 1.79 bits per heavy atom.